The highest BCUT2D eigenvalue weighted by molar-refractivity contribution is 5.13. The molecule has 0 aliphatic carbocycles. The van der Waals surface area contributed by atoms with E-state index in [1.807, 2.05) is 33.8 Å². The SMILES string of the molecule is CC.CC.CC(C)C.CCc1ccccc1. The first-order valence-corrected chi connectivity index (χ1v) is 6.70. The van der Waals surface area contributed by atoms with Gasteiger partial charge in [0.25, 0.3) is 0 Å². The zero-order chi connectivity index (χ0) is 13.4. The first kappa shape index (κ1) is 20.6. The molecule has 0 radical (unpaired) electrons. The lowest BCUT2D eigenvalue weighted by Gasteiger charge is -1.89. The van der Waals surface area contributed by atoms with Crippen LogP contribution in [0.4, 0.5) is 0 Å². The van der Waals surface area contributed by atoms with Crippen molar-refractivity contribution in [2.45, 2.75) is 61.8 Å². The van der Waals surface area contributed by atoms with E-state index in [1.54, 1.807) is 0 Å². The fourth-order valence-electron chi connectivity index (χ4n) is 0.714. The molecule has 0 N–H and O–H groups in total. The maximum Gasteiger partial charge on any atom is -0.0307 e. The second-order valence-corrected chi connectivity index (χ2v) is 3.57. The molecule has 16 heavy (non-hydrogen) atoms. The van der Waals surface area contributed by atoms with E-state index >= 15 is 0 Å². The number of aryl methyl sites for hydroxylation is 1. The maximum absolute atomic E-state index is 2.17. The standard InChI is InChI=1S/C8H10.C4H10.2C2H6/c1-2-8-6-4-3-5-7-8;1-4(2)3;2*1-2/h3-7H,2H2,1H3;4H,1-3H3;2*1-2H3. The number of rotatable bonds is 1. The van der Waals surface area contributed by atoms with Gasteiger partial charge in [0.1, 0.15) is 0 Å². The fourth-order valence-corrected chi connectivity index (χ4v) is 0.714. The van der Waals surface area contributed by atoms with Crippen LogP contribution in [0.25, 0.3) is 0 Å². The van der Waals surface area contributed by atoms with Gasteiger partial charge in [0, 0.05) is 0 Å². The van der Waals surface area contributed by atoms with Crippen LogP contribution in [0.1, 0.15) is 61.0 Å². The minimum Gasteiger partial charge on any atom is -0.0683 e. The summed E-state index contributed by atoms with van der Waals surface area (Å²) in [6, 6.07) is 10.5. The summed E-state index contributed by atoms with van der Waals surface area (Å²) >= 11 is 0. The molecule has 0 spiro atoms. The van der Waals surface area contributed by atoms with Crippen LogP contribution < -0.4 is 0 Å². The first-order chi connectivity index (χ1) is 7.66. The van der Waals surface area contributed by atoms with E-state index in [2.05, 4.69) is 52.0 Å². The molecule has 0 aliphatic rings. The van der Waals surface area contributed by atoms with Crippen molar-refractivity contribution in [1.29, 1.82) is 0 Å². The molecule has 0 atom stereocenters. The average Bonchev–Trinajstić information content (AvgIpc) is 2.34. The molecule has 0 nitrogen and oxygen atoms in total. The molecule has 0 aliphatic heterocycles. The van der Waals surface area contributed by atoms with Crippen molar-refractivity contribution in [3.05, 3.63) is 35.9 Å². The third kappa shape index (κ3) is 23.2. The number of hydrogen-bond acceptors (Lipinski definition) is 0. The maximum atomic E-state index is 2.17. The van der Waals surface area contributed by atoms with Crippen molar-refractivity contribution >= 4 is 0 Å². The Kier molecular flexibility index (Phi) is 25.4. The average molecular weight is 224 g/mol. The largest absolute Gasteiger partial charge is 0.0683 e. The van der Waals surface area contributed by atoms with Crippen molar-refractivity contribution in [3.63, 3.8) is 0 Å². The van der Waals surface area contributed by atoms with Crippen molar-refractivity contribution in [2.24, 2.45) is 5.92 Å². The molecular formula is C16H32. The smallest absolute Gasteiger partial charge is 0.0307 e. The Hall–Kier alpha value is -0.780. The molecule has 0 heterocycles. The highest BCUT2D eigenvalue weighted by Crippen LogP contribution is 1.96. The van der Waals surface area contributed by atoms with E-state index < -0.39 is 0 Å². The summed E-state index contributed by atoms with van der Waals surface area (Å²) in [4.78, 5) is 0. The lowest BCUT2D eigenvalue weighted by molar-refractivity contribution is 0.737. The zero-order valence-electron chi connectivity index (χ0n) is 12.7. The highest BCUT2D eigenvalue weighted by atomic mass is 13.9. The molecule has 0 saturated carbocycles. The van der Waals surface area contributed by atoms with Crippen LogP contribution in [-0.2, 0) is 6.42 Å². The van der Waals surface area contributed by atoms with Crippen LogP contribution in [0.5, 0.6) is 0 Å². The number of benzene rings is 1. The summed E-state index contributed by atoms with van der Waals surface area (Å²) in [6.45, 7) is 16.7. The van der Waals surface area contributed by atoms with Gasteiger partial charge >= 0.3 is 0 Å². The second-order valence-electron chi connectivity index (χ2n) is 3.57. The summed E-state index contributed by atoms with van der Waals surface area (Å²) in [5, 5.41) is 0. The van der Waals surface area contributed by atoms with Crippen molar-refractivity contribution in [3.8, 4) is 0 Å². The quantitative estimate of drug-likeness (QED) is 0.552. The van der Waals surface area contributed by atoms with E-state index in [0.29, 0.717) is 0 Å². The predicted molar refractivity (Wildman–Crippen MR) is 79.0 cm³/mol. The van der Waals surface area contributed by atoms with Gasteiger partial charge in [-0.1, -0.05) is 85.7 Å². The Balaban J connectivity index is -0.000000181. The summed E-state index contributed by atoms with van der Waals surface area (Å²) in [7, 11) is 0. The van der Waals surface area contributed by atoms with Crippen LogP contribution >= 0.6 is 0 Å². The third-order valence-electron chi connectivity index (χ3n) is 1.25. The summed E-state index contributed by atoms with van der Waals surface area (Å²) in [5.74, 6) is 0.833. The summed E-state index contributed by atoms with van der Waals surface area (Å²) < 4.78 is 0. The van der Waals surface area contributed by atoms with Crippen LogP contribution in [0.15, 0.2) is 30.3 Å². The van der Waals surface area contributed by atoms with Crippen LogP contribution in [-0.4, -0.2) is 0 Å². The minimum atomic E-state index is 0.833. The van der Waals surface area contributed by atoms with E-state index in [0.717, 1.165) is 12.3 Å². The molecule has 0 heteroatoms. The van der Waals surface area contributed by atoms with Gasteiger partial charge in [-0.25, -0.2) is 0 Å². The Bertz CT molecular complexity index is 172. The van der Waals surface area contributed by atoms with Gasteiger partial charge in [-0.15, -0.1) is 0 Å². The van der Waals surface area contributed by atoms with Gasteiger partial charge in [0.15, 0.2) is 0 Å². The van der Waals surface area contributed by atoms with Gasteiger partial charge in [-0.05, 0) is 17.9 Å². The highest BCUT2D eigenvalue weighted by Gasteiger charge is 1.79. The molecule has 0 amide bonds. The van der Waals surface area contributed by atoms with Gasteiger partial charge in [0.2, 0.25) is 0 Å². The van der Waals surface area contributed by atoms with Crippen LogP contribution in [0, 0.1) is 5.92 Å². The molecule has 0 unspecified atom stereocenters. The molecule has 0 bridgehead atoms. The van der Waals surface area contributed by atoms with Crippen LogP contribution in [0.2, 0.25) is 0 Å². The van der Waals surface area contributed by atoms with E-state index in [9.17, 15) is 0 Å². The summed E-state index contributed by atoms with van der Waals surface area (Å²) in [6.07, 6.45) is 1.14. The zero-order valence-corrected chi connectivity index (χ0v) is 12.7. The normalized spacial score (nSPS) is 7.56. The monoisotopic (exact) mass is 224 g/mol. The van der Waals surface area contributed by atoms with Crippen molar-refractivity contribution in [2.75, 3.05) is 0 Å². The Morgan fingerprint density at radius 3 is 1.31 bits per heavy atom. The van der Waals surface area contributed by atoms with Gasteiger partial charge < -0.3 is 0 Å². The molecule has 1 aromatic carbocycles. The molecule has 0 saturated heterocycles. The summed E-state index contributed by atoms with van der Waals surface area (Å²) in [5.41, 5.74) is 1.41. The Morgan fingerprint density at radius 1 is 0.812 bits per heavy atom. The van der Waals surface area contributed by atoms with Gasteiger partial charge in [0.05, 0.1) is 0 Å². The molecule has 1 rings (SSSR count). The van der Waals surface area contributed by atoms with Gasteiger partial charge in [-0.2, -0.15) is 0 Å². The topological polar surface area (TPSA) is 0 Å². The first-order valence-electron chi connectivity index (χ1n) is 6.70. The minimum absolute atomic E-state index is 0.833. The Morgan fingerprint density at radius 2 is 1.12 bits per heavy atom. The lowest BCUT2D eigenvalue weighted by Crippen LogP contribution is -1.73. The molecule has 96 valence electrons. The molecule has 0 fully saturated rings. The van der Waals surface area contributed by atoms with E-state index in [4.69, 9.17) is 0 Å². The van der Waals surface area contributed by atoms with Crippen molar-refractivity contribution < 1.29 is 0 Å². The lowest BCUT2D eigenvalue weighted by atomic mass is 10.2. The van der Waals surface area contributed by atoms with Crippen LogP contribution in [0.3, 0.4) is 0 Å². The number of hydrogen-bond donors (Lipinski definition) is 0. The predicted octanol–water partition coefficient (Wildman–Crippen LogP) is 5.96. The molecular weight excluding hydrogens is 192 g/mol. The molecule has 0 aromatic heterocycles. The van der Waals surface area contributed by atoms with Gasteiger partial charge in [-0.3, -0.25) is 0 Å². The molecule has 1 aromatic rings. The third-order valence-corrected chi connectivity index (χ3v) is 1.25. The second kappa shape index (κ2) is 19.7. The van der Waals surface area contributed by atoms with E-state index in [1.165, 1.54) is 5.56 Å². The fraction of sp³-hybridized carbons (Fsp3) is 0.625. The van der Waals surface area contributed by atoms with Crippen molar-refractivity contribution in [1.82, 2.24) is 0 Å². The van der Waals surface area contributed by atoms with E-state index in [-0.39, 0.29) is 0 Å². The Labute approximate surface area is 104 Å².